The molecule has 1 N–H and O–H groups in total. The van der Waals surface area contributed by atoms with Crippen LogP contribution in [-0.4, -0.2) is 51.2 Å². The highest BCUT2D eigenvalue weighted by atomic mass is 16.5. The lowest BCUT2D eigenvalue weighted by molar-refractivity contribution is 0.0945. The number of carbonyl (C=O) groups excluding carboxylic acids is 1. The van der Waals surface area contributed by atoms with E-state index in [9.17, 15) is 4.79 Å². The van der Waals surface area contributed by atoms with Crippen LogP contribution in [0, 0.1) is 0 Å². The highest BCUT2D eigenvalue weighted by molar-refractivity contribution is 5.99. The number of hydrogen-bond acceptors (Lipinski definition) is 4. The van der Waals surface area contributed by atoms with E-state index >= 15 is 0 Å². The number of amides is 1. The van der Waals surface area contributed by atoms with E-state index in [2.05, 4.69) is 10.2 Å². The second-order valence-corrected chi connectivity index (χ2v) is 5.90. The second kappa shape index (κ2) is 9.40. The molecular formula is C18H28N2O3. The molecule has 1 aliphatic rings. The van der Waals surface area contributed by atoms with Gasteiger partial charge in [0.1, 0.15) is 17.1 Å². The smallest absolute Gasteiger partial charge is 0.258 e. The summed E-state index contributed by atoms with van der Waals surface area (Å²) in [4.78, 5) is 14.9. The average molecular weight is 320 g/mol. The molecule has 128 valence electrons. The molecule has 0 atom stereocenters. The van der Waals surface area contributed by atoms with Crippen LogP contribution < -0.4 is 14.8 Å². The lowest BCUT2D eigenvalue weighted by Gasteiger charge is -2.19. The molecule has 23 heavy (non-hydrogen) atoms. The van der Waals surface area contributed by atoms with Crippen molar-refractivity contribution in [1.29, 1.82) is 0 Å². The average Bonchev–Trinajstić information content (AvgIpc) is 2.86. The topological polar surface area (TPSA) is 50.8 Å². The molecule has 1 aromatic rings. The van der Waals surface area contributed by atoms with Crippen LogP contribution in [0.15, 0.2) is 18.2 Å². The Morgan fingerprint density at radius 1 is 1.09 bits per heavy atom. The van der Waals surface area contributed by atoms with E-state index in [-0.39, 0.29) is 5.91 Å². The molecule has 1 aliphatic heterocycles. The Morgan fingerprint density at radius 3 is 2.26 bits per heavy atom. The van der Waals surface area contributed by atoms with Crippen molar-refractivity contribution in [2.75, 3.05) is 40.4 Å². The molecular weight excluding hydrogens is 292 g/mol. The standard InChI is InChI=1S/C18H28N2O3/c1-22-15-9-7-10-16(23-2)17(15)18(21)19-11-8-14-20-12-5-3-4-6-13-20/h7,9-10H,3-6,8,11-14H2,1-2H3,(H,19,21). The molecule has 1 aromatic carbocycles. The first-order valence-corrected chi connectivity index (χ1v) is 8.48. The molecule has 0 aliphatic carbocycles. The summed E-state index contributed by atoms with van der Waals surface area (Å²) in [6.45, 7) is 4.09. The molecule has 0 radical (unpaired) electrons. The summed E-state index contributed by atoms with van der Waals surface area (Å²) in [6, 6.07) is 5.36. The van der Waals surface area contributed by atoms with Crippen molar-refractivity contribution in [2.45, 2.75) is 32.1 Å². The number of nitrogens with one attached hydrogen (secondary N) is 1. The maximum atomic E-state index is 12.4. The largest absolute Gasteiger partial charge is 0.496 e. The van der Waals surface area contributed by atoms with Crippen LogP contribution in [0.25, 0.3) is 0 Å². The number of benzene rings is 1. The monoisotopic (exact) mass is 320 g/mol. The van der Waals surface area contributed by atoms with Gasteiger partial charge in [-0.25, -0.2) is 0 Å². The fraction of sp³-hybridized carbons (Fsp3) is 0.611. The number of ether oxygens (including phenoxy) is 2. The van der Waals surface area contributed by atoms with Crippen molar-refractivity contribution in [2.24, 2.45) is 0 Å². The molecule has 1 amide bonds. The van der Waals surface area contributed by atoms with Gasteiger partial charge in [0.2, 0.25) is 0 Å². The van der Waals surface area contributed by atoms with Gasteiger partial charge in [0, 0.05) is 6.54 Å². The third-order valence-corrected chi connectivity index (χ3v) is 4.29. The third kappa shape index (κ3) is 5.13. The lowest BCUT2D eigenvalue weighted by atomic mass is 10.1. The minimum absolute atomic E-state index is 0.143. The molecule has 1 saturated heterocycles. The van der Waals surface area contributed by atoms with Crippen molar-refractivity contribution in [3.05, 3.63) is 23.8 Å². The number of rotatable bonds is 7. The van der Waals surface area contributed by atoms with Gasteiger partial charge in [-0.3, -0.25) is 4.79 Å². The minimum atomic E-state index is -0.143. The van der Waals surface area contributed by atoms with Gasteiger partial charge in [-0.05, 0) is 51.0 Å². The fourth-order valence-electron chi connectivity index (χ4n) is 3.03. The molecule has 0 bridgehead atoms. The first kappa shape index (κ1) is 17.6. The summed E-state index contributed by atoms with van der Waals surface area (Å²) in [6.07, 6.45) is 6.25. The Bertz CT molecular complexity index is 475. The van der Waals surface area contributed by atoms with Gasteiger partial charge in [-0.2, -0.15) is 0 Å². The molecule has 0 aromatic heterocycles. The van der Waals surface area contributed by atoms with Gasteiger partial charge >= 0.3 is 0 Å². The maximum Gasteiger partial charge on any atom is 0.258 e. The van der Waals surface area contributed by atoms with Gasteiger partial charge in [-0.1, -0.05) is 18.9 Å². The zero-order valence-electron chi connectivity index (χ0n) is 14.3. The van der Waals surface area contributed by atoms with Gasteiger partial charge < -0.3 is 19.7 Å². The Balaban J connectivity index is 1.83. The van der Waals surface area contributed by atoms with Crippen molar-refractivity contribution < 1.29 is 14.3 Å². The van der Waals surface area contributed by atoms with E-state index in [1.165, 1.54) is 38.8 Å². The number of carbonyl (C=O) groups is 1. The molecule has 1 heterocycles. The van der Waals surface area contributed by atoms with Crippen LogP contribution in [0.4, 0.5) is 0 Å². The Hall–Kier alpha value is -1.75. The normalized spacial score (nSPS) is 15.7. The fourth-order valence-corrected chi connectivity index (χ4v) is 3.03. The van der Waals surface area contributed by atoms with E-state index in [0.29, 0.717) is 23.6 Å². The van der Waals surface area contributed by atoms with Crippen molar-refractivity contribution in [3.63, 3.8) is 0 Å². The summed E-state index contributed by atoms with van der Waals surface area (Å²) in [5.74, 6) is 0.930. The summed E-state index contributed by atoms with van der Waals surface area (Å²) < 4.78 is 10.6. The predicted octanol–water partition coefficient (Wildman–Crippen LogP) is 2.70. The highest BCUT2D eigenvalue weighted by Crippen LogP contribution is 2.27. The molecule has 5 heteroatoms. The number of likely N-dealkylation sites (tertiary alicyclic amines) is 1. The minimum Gasteiger partial charge on any atom is -0.496 e. The molecule has 0 saturated carbocycles. The zero-order valence-corrected chi connectivity index (χ0v) is 14.3. The molecule has 1 fully saturated rings. The van der Waals surface area contributed by atoms with E-state index in [4.69, 9.17) is 9.47 Å². The molecule has 0 spiro atoms. The summed E-state index contributed by atoms with van der Waals surface area (Å²) in [5.41, 5.74) is 0.465. The first-order chi connectivity index (χ1) is 11.3. The Labute approximate surface area is 139 Å². The summed E-state index contributed by atoms with van der Waals surface area (Å²) in [5, 5.41) is 2.98. The number of hydrogen-bond donors (Lipinski definition) is 1. The highest BCUT2D eigenvalue weighted by Gasteiger charge is 2.17. The number of methoxy groups -OCH3 is 2. The van der Waals surface area contributed by atoms with Gasteiger partial charge in [0.25, 0.3) is 5.91 Å². The van der Waals surface area contributed by atoms with Crippen LogP contribution in [0.5, 0.6) is 11.5 Å². The van der Waals surface area contributed by atoms with E-state index in [1.54, 1.807) is 26.4 Å². The van der Waals surface area contributed by atoms with Crippen LogP contribution in [-0.2, 0) is 0 Å². The summed E-state index contributed by atoms with van der Waals surface area (Å²) >= 11 is 0. The maximum absolute atomic E-state index is 12.4. The van der Waals surface area contributed by atoms with Gasteiger partial charge in [-0.15, -0.1) is 0 Å². The van der Waals surface area contributed by atoms with Crippen LogP contribution in [0.2, 0.25) is 0 Å². The lowest BCUT2D eigenvalue weighted by Crippen LogP contribution is -2.31. The number of nitrogens with zero attached hydrogens (tertiary/aromatic N) is 1. The molecule has 0 unspecified atom stereocenters. The second-order valence-electron chi connectivity index (χ2n) is 5.90. The molecule has 5 nitrogen and oxygen atoms in total. The van der Waals surface area contributed by atoms with E-state index in [0.717, 1.165) is 13.0 Å². The van der Waals surface area contributed by atoms with Crippen molar-refractivity contribution >= 4 is 5.91 Å². The van der Waals surface area contributed by atoms with Crippen LogP contribution >= 0.6 is 0 Å². The van der Waals surface area contributed by atoms with Crippen LogP contribution in [0.1, 0.15) is 42.5 Å². The predicted molar refractivity (Wildman–Crippen MR) is 91.4 cm³/mol. The zero-order chi connectivity index (χ0) is 16.5. The van der Waals surface area contributed by atoms with Crippen molar-refractivity contribution in [3.8, 4) is 11.5 Å². The quantitative estimate of drug-likeness (QED) is 0.785. The third-order valence-electron chi connectivity index (χ3n) is 4.29. The Morgan fingerprint density at radius 2 is 1.70 bits per heavy atom. The molecule has 2 rings (SSSR count). The van der Waals surface area contributed by atoms with Crippen molar-refractivity contribution in [1.82, 2.24) is 10.2 Å². The Kier molecular flexibility index (Phi) is 7.20. The summed E-state index contributed by atoms with van der Waals surface area (Å²) in [7, 11) is 3.12. The van der Waals surface area contributed by atoms with E-state index < -0.39 is 0 Å². The van der Waals surface area contributed by atoms with Gasteiger partial charge in [0.15, 0.2) is 0 Å². The first-order valence-electron chi connectivity index (χ1n) is 8.48. The van der Waals surface area contributed by atoms with Gasteiger partial charge in [0.05, 0.1) is 14.2 Å². The van der Waals surface area contributed by atoms with E-state index in [1.807, 2.05) is 6.07 Å². The van der Waals surface area contributed by atoms with Crippen LogP contribution in [0.3, 0.4) is 0 Å². The SMILES string of the molecule is COc1cccc(OC)c1C(=O)NCCCN1CCCCCC1.